The number of hydrogen-bond donors (Lipinski definition) is 2. The number of hydrogen-bond acceptors (Lipinski definition) is 3. The quantitative estimate of drug-likeness (QED) is 0.886. The van der Waals surface area contributed by atoms with Gasteiger partial charge in [-0.2, -0.15) is 0 Å². The Morgan fingerprint density at radius 3 is 2.52 bits per heavy atom. The van der Waals surface area contributed by atoms with E-state index >= 15 is 0 Å². The van der Waals surface area contributed by atoms with Crippen molar-refractivity contribution in [2.45, 2.75) is 39.3 Å². The monoisotopic (exact) mass is 315 g/mol. The number of aromatic nitrogens is 1. The van der Waals surface area contributed by atoms with Crippen LogP contribution in [-0.4, -0.2) is 26.4 Å². The molecule has 0 atom stereocenters. The molecule has 0 saturated heterocycles. The second-order valence-electron chi connectivity index (χ2n) is 6.42. The molecule has 2 rings (SSSR count). The normalized spacial score (nSPS) is 11.5. The Balaban J connectivity index is 2.47. The molecule has 0 saturated carbocycles. The summed E-state index contributed by atoms with van der Waals surface area (Å²) < 4.78 is 1.18. The van der Waals surface area contributed by atoms with E-state index in [-0.39, 0.29) is 12.1 Å². The zero-order chi connectivity index (χ0) is 17.2. The van der Waals surface area contributed by atoms with Gasteiger partial charge in [-0.3, -0.25) is 9.59 Å². The van der Waals surface area contributed by atoms with Crippen LogP contribution in [0.2, 0.25) is 0 Å². The lowest BCUT2D eigenvalue weighted by Crippen LogP contribution is -2.23. The lowest BCUT2D eigenvalue weighted by Gasteiger charge is -2.18. The number of nitrogens with zero attached hydrogens (tertiary/aromatic N) is 1. The molecule has 1 heterocycles. The molecule has 2 N–H and O–H groups in total. The zero-order valence-electron chi connectivity index (χ0n) is 13.5. The number of aryl methyl sites for hydroxylation is 1. The topological polar surface area (TPSA) is 79.5 Å². The molecule has 0 fully saturated rings. The van der Waals surface area contributed by atoms with Crippen molar-refractivity contribution in [3.8, 4) is 11.1 Å². The highest BCUT2D eigenvalue weighted by molar-refractivity contribution is 5.69. The smallest absolute Gasteiger partial charge is 0.323 e. The van der Waals surface area contributed by atoms with E-state index in [1.54, 1.807) is 26.1 Å². The molecule has 1 aromatic heterocycles. The van der Waals surface area contributed by atoms with Gasteiger partial charge in [-0.1, -0.05) is 18.2 Å². The van der Waals surface area contributed by atoms with E-state index in [4.69, 9.17) is 5.11 Å². The molecule has 0 spiro atoms. The van der Waals surface area contributed by atoms with Gasteiger partial charge in [-0.25, -0.2) is 0 Å². The van der Waals surface area contributed by atoms with Gasteiger partial charge in [0.1, 0.15) is 6.54 Å². The molecule has 5 heteroatoms. The highest BCUT2D eigenvalue weighted by Gasteiger charge is 2.15. The van der Waals surface area contributed by atoms with E-state index in [9.17, 15) is 14.7 Å². The third-order valence-corrected chi connectivity index (χ3v) is 3.54. The molecule has 0 bridgehead atoms. The lowest BCUT2D eigenvalue weighted by molar-refractivity contribution is -0.137. The molecular weight excluding hydrogens is 294 g/mol. The van der Waals surface area contributed by atoms with Crippen molar-refractivity contribution < 1.29 is 15.0 Å². The molecule has 5 nitrogen and oxygen atoms in total. The van der Waals surface area contributed by atoms with Crippen LogP contribution >= 0.6 is 0 Å². The minimum Gasteiger partial charge on any atom is -0.480 e. The van der Waals surface area contributed by atoms with Crippen molar-refractivity contribution in [3.05, 3.63) is 58.0 Å². The number of benzene rings is 1. The second-order valence-corrected chi connectivity index (χ2v) is 6.42. The number of aliphatic carboxylic acids is 1. The van der Waals surface area contributed by atoms with Gasteiger partial charge in [-0.15, -0.1) is 0 Å². The zero-order valence-corrected chi connectivity index (χ0v) is 13.5. The van der Waals surface area contributed by atoms with Crippen LogP contribution in [0, 0.1) is 6.92 Å². The highest BCUT2D eigenvalue weighted by Crippen LogP contribution is 2.25. The van der Waals surface area contributed by atoms with Gasteiger partial charge < -0.3 is 14.8 Å². The Labute approximate surface area is 134 Å². The van der Waals surface area contributed by atoms with Gasteiger partial charge in [0.15, 0.2) is 0 Å². The Bertz CT molecular complexity index is 784. The Kier molecular flexibility index (Phi) is 4.71. The summed E-state index contributed by atoms with van der Waals surface area (Å²) in [6, 6.07) is 8.96. The molecule has 0 unspecified atom stereocenters. The summed E-state index contributed by atoms with van der Waals surface area (Å²) in [5.74, 6) is -1.06. The number of pyridine rings is 1. The summed E-state index contributed by atoms with van der Waals surface area (Å²) in [5.41, 5.74) is 2.54. The Hall–Kier alpha value is -2.40. The standard InChI is InChI=1S/C18H21NO4/c1-12-4-5-13(9-18(2,3)23)8-15(12)14-6-7-16(20)19(10-14)11-17(21)22/h4-8,10,23H,9,11H2,1-3H3,(H,21,22). The summed E-state index contributed by atoms with van der Waals surface area (Å²) in [7, 11) is 0. The summed E-state index contributed by atoms with van der Waals surface area (Å²) in [5, 5.41) is 18.9. The van der Waals surface area contributed by atoms with Crippen LogP contribution in [0.1, 0.15) is 25.0 Å². The molecule has 1 aromatic carbocycles. The lowest BCUT2D eigenvalue weighted by atomic mass is 9.93. The third-order valence-electron chi connectivity index (χ3n) is 3.54. The third kappa shape index (κ3) is 4.53. The van der Waals surface area contributed by atoms with E-state index < -0.39 is 11.6 Å². The van der Waals surface area contributed by atoms with E-state index in [1.165, 1.54) is 10.6 Å². The fourth-order valence-corrected chi connectivity index (χ4v) is 2.55. The first kappa shape index (κ1) is 17.0. The molecular formula is C18H21NO4. The van der Waals surface area contributed by atoms with Gasteiger partial charge >= 0.3 is 5.97 Å². The van der Waals surface area contributed by atoms with Crippen LogP contribution in [0.4, 0.5) is 0 Å². The maximum absolute atomic E-state index is 11.7. The number of carboxylic acid groups (broad SMARTS) is 1. The molecule has 0 amide bonds. The van der Waals surface area contributed by atoms with Gasteiger partial charge in [0.2, 0.25) is 0 Å². The van der Waals surface area contributed by atoms with E-state index in [2.05, 4.69) is 0 Å². The minimum absolute atomic E-state index is 0.346. The number of carboxylic acids is 1. The summed E-state index contributed by atoms with van der Waals surface area (Å²) >= 11 is 0. The van der Waals surface area contributed by atoms with Crippen molar-refractivity contribution in [1.29, 1.82) is 0 Å². The molecule has 0 radical (unpaired) electrons. The molecule has 0 aliphatic carbocycles. The largest absolute Gasteiger partial charge is 0.480 e. The summed E-state index contributed by atoms with van der Waals surface area (Å²) in [4.78, 5) is 22.6. The first-order chi connectivity index (χ1) is 10.7. The highest BCUT2D eigenvalue weighted by atomic mass is 16.4. The van der Waals surface area contributed by atoms with Crippen molar-refractivity contribution >= 4 is 5.97 Å². The maximum atomic E-state index is 11.7. The predicted molar refractivity (Wildman–Crippen MR) is 88.5 cm³/mol. The van der Waals surface area contributed by atoms with E-state index in [0.717, 1.165) is 22.3 Å². The maximum Gasteiger partial charge on any atom is 0.323 e. The van der Waals surface area contributed by atoms with Gasteiger partial charge in [0.05, 0.1) is 5.60 Å². The average molecular weight is 315 g/mol. The van der Waals surface area contributed by atoms with Crippen molar-refractivity contribution in [3.63, 3.8) is 0 Å². The molecule has 0 aliphatic rings. The van der Waals surface area contributed by atoms with Crippen molar-refractivity contribution in [1.82, 2.24) is 4.57 Å². The van der Waals surface area contributed by atoms with Crippen LogP contribution in [0.5, 0.6) is 0 Å². The van der Waals surface area contributed by atoms with Crippen LogP contribution in [0.3, 0.4) is 0 Å². The van der Waals surface area contributed by atoms with Crippen molar-refractivity contribution in [2.24, 2.45) is 0 Å². The fourth-order valence-electron chi connectivity index (χ4n) is 2.55. The van der Waals surface area contributed by atoms with Crippen LogP contribution in [-0.2, 0) is 17.8 Å². The number of rotatable bonds is 5. The van der Waals surface area contributed by atoms with Crippen LogP contribution < -0.4 is 5.56 Å². The van der Waals surface area contributed by atoms with Crippen LogP contribution in [0.25, 0.3) is 11.1 Å². The number of carbonyl (C=O) groups is 1. The average Bonchev–Trinajstić information content (AvgIpc) is 2.41. The van der Waals surface area contributed by atoms with Crippen molar-refractivity contribution in [2.75, 3.05) is 0 Å². The minimum atomic E-state index is -1.06. The van der Waals surface area contributed by atoms with Gasteiger partial charge in [0, 0.05) is 18.7 Å². The van der Waals surface area contributed by atoms with E-state index in [1.807, 2.05) is 25.1 Å². The molecule has 2 aromatic rings. The van der Waals surface area contributed by atoms with Crippen LogP contribution in [0.15, 0.2) is 41.3 Å². The Morgan fingerprint density at radius 2 is 1.91 bits per heavy atom. The Morgan fingerprint density at radius 1 is 1.22 bits per heavy atom. The summed E-state index contributed by atoms with van der Waals surface area (Å²) in [6.07, 6.45) is 2.07. The summed E-state index contributed by atoms with van der Waals surface area (Å²) in [6.45, 7) is 5.09. The first-order valence-electron chi connectivity index (χ1n) is 7.40. The first-order valence-corrected chi connectivity index (χ1v) is 7.40. The molecule has 0 aliphatic heterocycles. The molecule has 122 valence electrons. The number of aliphatic hydroxyl groups is 1. The fraction of sp³-hybridized carbons (Fsp3) is 0.333. The SMILES string of the molecule is Cc1ccc(CC(C)(C)O)cc1-c1ccc(=O)n(CC(=O)O)c1. The second kappa shape index (κ2) is 6.38. The van der Waals surface area contributed by atoms with Gasteiger partial charge in [-0.05, 0) is 49.1 Å². The van der Waals surface area contributed by atoms with E-state index in [0.29, 0.717) is 6.42 Å². The van der Waals surface area contributed by atoms with Gasteiger partial charge in [0.25, 0.3) is 5.56 Å². The predicted octanol–water partition coefficient (Wildman–Crippen LogP) is 2.22. The molecule has 23 heavy (non-hydrogen) atoms.